The summed E-state index contributed by atoms with van der Waals surface area (Å²) in [5.41, 5.74) is 0.637. The largest absolute Gasteiger partial charge is 0.443 e. The van der Waals surface area contributed by atoms with E-state index in [-0.39, 0.29) is 59.9 Å². The van der Waals surface area contributed by atoms with Gasteiger partial charge in [0.1, 0.15) is 23.4 Å². The van der Waals surface area contributed by atoms with Crippen LogP contribution in [0.25, 0.3) is 0 Å². The molecule has 0 radical (unpaired) electrons. The van der Waals surface area contributed by atoms with E-state index in [1.54, 1.807) is 12.0 Å². The van der Waals surface area contributed by atoms with Crippen molar-refractivity contribution in [2.45, 2.75) is 82.4 Å². The van der Waals surface area contributed by atoms with E-state index in [4.69, 9.17) is 18.9 Å². The molecule has 5 aliphatic rings. The van der Waals surface area contributed by atoms with Crippen LogP contribution >= 0.6 is 0 Å². The summed E-state index contributed by atoms with van der Waals surface area (Å²) < 4.78 is 51.1. The van der Waals surface area contributed by atoms with Crippen LogP contribution in [-0.2, 0) is 18.9 Å². The minimum absolute atomic E-state index is 0.00987. The molecule has 1 amide bonds. The van der Waals surface area contributed by atoms with Crippen LogP contribution in [0.1, 0.15) is 47.0 Å². The molecule has 5 rings (SSSR count). The number of allylic oxidation sites excluding steroid dienone is 1. The summed E-state index contributed by atoms with van der Waals surface area (Å²) in [6.45, 7) is 10.1. The molecule has 4 saturated heterocycles. The lowest BCUT2D eigenvalue weighted by atomic mass is 9.68. The fraction of sp³-hybridized carbons (Fsp3) is 0.885. The average Bonchev–Trinajstić information content (AvgIpc) is 3.57. The molecule has 0 aromatic rings. The fourth-order valence-electron chi connectivity index (χ4n) is 7.04. The Labute approximate surface area is 207 Å². The maximum Gasteiger partial charge on any atom is 0.410 e. The van der Waals surface area contributed by atoms with Gasteiger partial charge < -0.3 is 23.8 Å². The van der Waals surface area contributed by atoms with Gasteiger partial charge in [-0.2, -0.15) is 0 Å². The lowest BCUT2D eigenvalue weighted by molar-refractivity contribution is -0.121. The van der Waals surface area contributed by atoms with Crippen molar-refractivity contribution in [1.29, 1.82) is 0 Å². The fourth-order valence-corrected chi connectivity index (χ4v) is 7.04. The number of likely N-dealkylation sites (tertiary alicyclic amines) is 2. The van der Waals surface area contributed by atoms with Crippen LogP contribution in [0.4, 0.5) is 13.6 Å². The van der Waals surface area contributed by atoms with Gasteiger partial charge in [0.05, 0.1) is 25.2 Å². The zero-order valence-electron chi connectivity index (χ0n) is 21.6. The van der Waals surface area contributed by atoms with Crippen LogP contribution in [0.2, 0.25) is 0 Å². The quantitative estimate of drug-likeness (QED) is 0.394. The van der Waals surface area contributed by atoms with Gasteiger partial charge in [-0.1, -0.05) is 11.6 Å². The molecule has 198 valence electrons. The highest BCUT2D eigenvalue weighted by atomic mass is 19.3. The van der Waals surface area contributed by atoms with E-state index in [0.29, 0.717) is 39.2 Å². The highest BCUT2D eigenvalue weighted by Crippen LogP contribution is 2.59. The third-order valence-electron chi connectivity index (χ3n) is 8.81. The molecule has 4 aliphatic heterocycles. The summed E-state index contributed by atoms with van der Waals surface area (Å²) in [6.07, 6.45) is 3.66. The van der Waals surface area contributed by atoms with E-state index in [0.717, 1.165) is 19.8 Å². The Morgan fingerprint density at radius 3 is 2.40 bits per heavy atom. The molecule has 0 bridgehead atoms. The zero-order chi connectivity index (χ0) is 25.2. The summed E-state index contributed by atoms with van der Waals surface area (Å²) in [5, 5.41) is 0. The van der Waals surface area contributed by atoms with Crippen molar-refractivity contribution in [3.05, 3.63) is 11.6 Å². The standard InChI is InChI=1S/C26H40F2N2O5/c1-16(2)6-7-20-25(4,35-20)22-21(32-5)19(8-9-26(22)15-33-26)34-23(31)30-12-17-10-29(11-18(17)13-30)14-24(3,27)28/h6,17-22H,7-15H2,1-5H3/t17-,18+,19-,20-,21-,22-,25+,26+/m1/s1. The van der Waals surface area contributed by atoms with E-state index in [1.807, 2.05) is 4.90 Å². The van der Waals surface area contributed by atoms with Crippen molar-refractivity contribution < 1.29 is 32.5 Å². The highest BCUT2D eigenvalue weighted by Gasteiger charge is 2.72. The number of hydrogen-bond acceptors (Lipinski definition) is 6. The van der Waals surface area contributed by atoms with Gasteiger partial charge in [0.25, 0.3) is 5.92 Å². The summed E-state index contributed by atoms with van der Waals surface area (Å²) in [4.78, 5) is 16.7. The smallest absolute Gasteiger partial charge is 0.410 e. The summed E-state index contributed by atoms with van der Waals surface area (Å²) in [6, 6.07) is 0. The Kier molecular flexibility index (Phi) is 6.47. The van der Waals surface area contributed by atoms with Gasteiger partial charge in [-0.3, -0.25) is 4.90 Å². The van der Waals surface area contributed by atoms with Gasteiger partial charge >= 0.3 is 6.09 Å². The van der Waals surface area contributed by atoms with E-state index in [9.17, 15) is 13.6 Å². The maximum absolute atomic E-state index is 13.4. The first kappa shape index (κ1) is 25.4. The minimum Gasteiger partial charge on any atom is -0.443 e. The Bertz CT molecular complexity index is 841. The van der Waals surface area contributed by atoms with E-state index < -0.39 is 5.92 Å². The Balaban J connectivity index is 1.20. The van der Waals surface area contributed by atoms with Crippen LogP contribution < -0.4 is 0 Å². The predicted molar refractivity (Wildman–Crippen MR) is 125 cm³/mol. The molecular weight excluding hydrogens is 458 g/mol. The van der Waals surface area contributed by atoms with Crippen LogP contribution in [0.3, 0.4) is 0 Å². The number of methoxy groups -OCH3 is 1. The van der Waals surface area contributed by atoms with Crippen molar-refractivity contribution in [1.82, 2.24) is 9.80 Å². The van der Waals surface area contributed by atoms with E-state index in [2.05, 4.69) is 26.8 Å². The molecule has 1 saturated carbocycles. The number of nitrogens with zero attached hydrogens (tertiary/aromatic N) is 2. The topological polar surface area (TPSA) is 67.1 Å². The minimum atomic E-state index is -2.70. The monoisotopic (exact) mass is 498 g/mol. The van der Waals surface area contributed by atoms with Gasteiger partial charge in [-0.05, 0) is 51.9 Å². The molecule has 4 heterocycles. The van der Waals surface area contributed by atoms with Crippen molar-refractivity contribution in [3.8, 4) is 0 Å². The zero-order valence-corrected chi connectivity index (χ0v) is 21.6. The molecule has 0 aromatic heterocycles. The lowest BCUT2D eigenvalue weighted by Gasteiger charge is -2.43. The Morgan fingerprint density at radius 2 is 1.86 bits per heavy atom. The molecule has 9 heteroatoms. The number of carbonyl (C=O) groups excluding carboxylic acids is 1. The molecule has 5 fully saturated rings. The third-order valence-corrected chi connectivity index (χ3v) is 8.81. The van der Waals surface area contributed by atoms with Crippen molar-refractivity contribution in [2.75, 3.05) is 46.4 Å². The number of carbonyl (C=O) groups is 1. The van der Waals surface area contributed by atoms with E-state index >= 15 is 0 Å². The SMILES string of the molecule is CO[C@@H]1[C@H](OC(=O)N2C[C@H]3CN(CC(C)(F)F)C[C@H]3C2)CC[C@]2(CO2)[C@H]1[C@@]1(C)O[C@@H]1CC=C(C)C. The maximum atomic E-state index is 13.4. The van der Waals surface area contributed by atoms with Crippen molar-refractivity contribution in [3.63, 3.8) is 0 Å². The van der Waals surface area contributed by atoms with Gasteiger partial charge in [0, 0.05) is 40.2 Å². The molecule has 0 N–H and O–H groups in total. The van der Waals surface area contributed by atoms with Crippen molar-refractivity contribution in [2.24, 2.45) is 17.8 Å². The number of hydrogen-bond donors (Lipinski definition) is 0. The number of alkyl halides is 2. The van der Waals surface area contributed by atoms with Crippen LogP contribution in [0, 0.1) is 17.8 Å². The molecule has 1 aliphatic carbocycles. The normalized spacial score (nSPS) is 42.8. The van der Waals surface area contributed by atoms with Gasteiger partial charge in [0.15, 0.2) is 0 Å². The van der Waals surface area contributed by atoms with Gasteiger partial charge in [-0.15, -0.1) is 0 Å². The number of halogens is 2. The number of rotatable bonds is 7. The number of fused-ring (bicyclic) bond motifs is 1. The van der Waals surface area contributed by atoms with Crippen LogP contribution in [-0.4, -0.2) is 97.8 Å². The van der Waals surface area contributed by atoms with Crippen LogP contribution in [0.5, 0.6) is 0 Å². The van der Waals surface area contributed by atoms with Crippen LogP contribution in [0.15, 0.2) is 11.6 Å². The molecular formula is C26H40F2N2O5. The summed E-state index contributed by atoms with van der Waals surface area (Å²) in [5.74, 6) is -2.26. The molecule has 1 spiro atoms. The molecule has 8 atom stereocenters. The number of amides is 1. The van der Waals surface area contributed by atoms with Gasteiger partial charge in [-0.25, -0.2) is 13.6 Å². The molecule has 35 heavy (non-hydrogen) atoms. The first-order valence-corrected chi connectivity index (χ1v) is 13.0. The first-order valence-electron chi connectivity index (χ1n) is 13.0. The third kappa shape index (κ3) is 4.98. The highest BCUT2D eigenvalue weighted by molar-refractivity contribution is 5.68. The second-order valence-corrected chi connectivity index (χ2v) is 12.0. The first-order chi connectivity index (χ1) is 16.4. The second-order valence-electron chi connectivity index (χ2n) is 12.0. The van der Waals surface area contributed by atoms with E-state index in [1.165, 1.54) is 5.57 Å². The molecule has 0 aromatic carbocycles. The van der Waals surface area contributed by atoms with Crippen molar-refractivity contribution >= 4 is 6.09 Å². The second kappa shape index (κ2) is 8.92. The Hall–Kier alpha value is -1.29. The number of ether oxygens (including phenoxy) is 4. The summed E-state index contributed by atoms with van der Waals surface area (Å²) in [7, 11) is 1.68. The average molecular weight is 499 g/mol. The predicted octanol–water partition coefficient (Wildman–Crippen LogP) is 3.72. The lowest BCUT2D eigenvalue weighted by Crippen LogP contribution is -2.56. The number of epoxide rings is 2. The van der Waals surface area contributed by atoms with Gasteiger partial charge in [0.2, 0.25) is 0 Å². The molecule has 7 nitrogen and oxygen atoms in total. The molecule has 0 unspecified atom stereocenters. The summed E-state index contributed by atoms with van der Waals surface area (Å²) >= 11 is 0. The Morgan fingerprint density at radius 1 is 1.20 bits per heavy atom.